The van der Waals surface area contributed by atoms with Crippen molar-refractivity contribution in [2.75, 3.05) is 6.54 Å². The quantitative estimate of drug-likeness (QED) is 0.494. The van der Waals surface area contributed by atoms with Crippen LogP contribution in [0.25, 0.3) is 0 Å². The van der Waals surface area contributed by atoms with Gasteiger partial charge in [-0.25, -0.2) is 0 Å². The van der Waals surface area contributed by atoms with Gasteiger partial charge in [0.25, 0.3) is 0 Å². The molecule has 6 nitrogen and oxygen atoms in total. The number of amides is 2. The Kier molecular flexibility index (Phi) is 3.58. The topological polar surface area (TPSA) is 90.8 Å². The first-order valence-electron chi connectivity index (χ1n) is 4.48. The third-order valence-corrected chi connectivity index (χ3v) is 1.87. The maximum Gasteiger partial charge on any atom is 0.316 e. The van der Waals surface area contributed by atoms with Crippen LogP contribution in [-0.4, -0.2) is 35.5 Å². The van der Waals surface area contributed by atoms with Crippen LogP contribution in [0.1, 0.15) is 19.8 Å². The van der Waals surface area contributed by atoms with Crippen LogP contribution in [0.4, 0.5) is 0 Å². The zero-order chi connectivity index (χ0) is 10.6. The molecule has 0 radical (unpaired) electrons. The zero-order valence-corrected chi connectivity index (χ0v) is 7.91. The van der Waals surface area contributed by atoms with Crippen molar-refractivity contribution in [3.05, 3.63) is 0 Å². The molecule has 0 aliphatic carbocycles. The normalized spacial score (nSPS) is 17.7. The molecule has 14 heavy (non-hydrogen) atoms. The SMILES string of the molecule is CCC(O)CCN=C1NC(=O)C(=O)N1. The van der Waals surface area contributed by atoms with Gasteiger partial charge in [-0.15, -0.1) is 0 Å². The molecule has 0 bridgehead atoms. The smallest absolute Gasteiger partial charge is 0.316 e. The Morgan fingerprint density at radius 3 is 2.43 bits per heavy atom. The number of carbonyl (C=O) groups excluding carboxylic acids is 2. The van der Waals surface area contributed by atoms with E-state index in [0.29, 0.717) is 19.4 Å². The largest absolute Gasteiger partial charge is 0.393 e. The predicted molar refractivity (Wildman–Crippen MR) is 49.5 cm³/mol. The number of aliphatic hydroxyl groups excluding tert-OH is 1. The highest BCUT2D eigenvalue weighted by Gasteiger charge is 2.24. The van der Waals surface area contributed by atoms with Gasteiger partial charge in [-0.1, -0.05) is 6.92 Å². The third-order valence-electron chi connectivity index (χ3n) is 1.87. The summed E-state index contributed by atoms with van der Waals surface area (Å²) in [5.41, 5.74) is 0. The second-order valence-electron chi connectivity index (χ2n) is 2.99. The lowest BCUT2D eigenvalue weighted by atomic mass is 10.2. The van der Waals surface area contributed by atoms with Crippen LogP contribution in [-0.2, 0) is 9.59 Å². The second kappa shape index (κ2) is 4.71. The lowest BCUT2D eigenvalue weighted by Gasteiger charge is -2.04. The summed E-state index contributed by atoms with van der Waals surface area (Å²) in [7, 11) is 0. The van der Waals surface area contributed by atoms with Gasteiger partial charge >= 0.3 is 11.8 Å². The van der Waals surface area contributed by atoms with Crippen molar-refractivity contribution < 1.29 is 14.7 Å². The van der Waals surface area contributed by atoms with Gasteiger partial charge in [-0.05, 0) is 12.8 Å². The summed E-state index contributed by atoms with van der Waals surface area (Å²) in [6.45, 7) is 2.25. The van der Waals surface area contributed by atoms with Gasteiger partial charge in [-0.2, -0.15) is 0 Å². The summed E-state index contributed by atoms with van der Waals surface area (Å²) in [5.74, 6) is -1.22. The number of aliphatic imine (C=N–C) groups is 1. The number of carbonyl (C=O) groups is 2. The summed E-state index contributed by atoms with van der Waals surface area (Å²) in [5, 5.41) is 13.7. The van der Waals surface area contributed by atoms with E-state index in [2.05, 4.69) is 15.6 Å². The Bertz CT molecular complexity index is 257. The molecule has 0 spiro atoms. The van der Waals surface area contributed by atoms with E-state index in [0.717, 1.165) is 0 Å². The van der Waals surface area contributed by atoms with E-state index in [1.165, 1.54) is 0 Å². The maximum absolute atomic E-state index is 10.7. The molecule has 1 rings (SSSR count). The Balaban J connectivity index is 2.33. The van der Waals surface area contributed by atoms with Crippen molar-refractivity contribution in [1.29, 1.82) is 0 Å². The highest BCUT2D eigenvalue weighted by molar-refractivity contribution is 6.45. The Hall–Kier alpha value is -1.43. The van der Waals surface area contributed by atoms with Crippen LogP contribution >= 0.6 is 0 Å². The second-order valence-corrected chi connectivity index (χ2v) is 2.99. The number of hydrogen-bond donors (Lipinski definition) is 3. The van der Waals surface area contributed by atoms with E-state index in [1.807, 2.05) is 6.92 Å². The van der Waals surface area contributed by atoms with E-state index in [1.54, 1.807) is 0 Å². The lowest BCUT2D eigenvalue weighted by molar-refractivity contribution is -0.135. The standard InChI is InChI=1S/C8H13N3O3/c1-2-5(12)3-4-9-8-10-6(13)7(14)11-8/h5,12H,2-4H2,1H3,(H2,9,10,11,13,14). The fraction of sp³-hybridized carbons (Fsp3) is 0.625. The molecule has 78 valence electrons. The van der Waals surface area contributed by atoms with Crippen molar-refractivity contribution in [3.63, 3.8) is 0 Å². The minimum Gasteiger partial charge on any atom is -0.393 e. The van der Waals surface area contributed by atoms with Gasteiger partial charge in [0, 0.05) is 6.54 Å². The molecule has 1 saturated heterocycles. The average Bonchev–Trinajstić information content (AvgIpc) is 2.46. The molecule has 1 unspecified atom stereocenters. The molecule has 0 aromatic carbocycles. The first kappa shape index (κ1) is 10.6. The molecule has 1 fully saturated rings. The molecular weight excluding hydrogens is 186 g/mol. The fourth-order valence-electron chi connectivity index (χ4n) is 0.968. The van der Waals surface area contributed by atoms with Crippen LogP contribution in [0.3, 0.4) is 0 Å². The molecule has 6 heteroatoms. The number of hydrogen-bond acceptors (Lipinski definition) is 4. The summed E-state index contributed by atoms with van der Waals surface area (Å²) >= 11 is 0. The summed E-state index contributed by atoms with van der Waals surface area (Å²) in [6.07, 6.45) is 0.808. The van der Waals surface area contributed by atoms with Gasteiger partial charge < -0.3 is 5.11 Å². The van der Waals surface area contributed by atoms with Crippen molar-refractivity contribution in [3.8, 4) is 0 Å². The number of nitrogens with zero attached hydrogens (tertiary/aromatic N) is 1. The zero-order valence-electron chi connectivity index (χ0n) is 7.91. The van der Waals surface area contributed by atoms with Gasteiger partial charge in [0.1, 0.15) is 0 Å². The molecule has 1 atom stereocenters. The Morgan fingerprint density at radius 2 is 1.93 bits per heavy atom. The van der Waals surface area contributed by atoms with Gasteiger partial charge in [-0.3, -0.25) is 25.2 Å². The minimum absolute atomic E-state index is 0.170. The number of guanidine groups is 1. The lowest BCUT2D eigenvalue weighted by Crippen LogP contribution is -2.26. The van der Waals surface area contributed by atoms with Gasteiger partial charge in [0.15, 0.2) is 0 Å². The predicted octanol–water partition coefficient (Wildman–Crippen LogP) is -1.25. The fourth-order valence-corrected chi connectivity index (χ4v) is 0.968. The van der Waals surface area contributed by atoms with E-state index >= 15 is 0 Å². The Morgan fingerprint density at radius 1 is 1.36 bits per heavy atom. The minimum atomic E-state index is -0.695. The molecule has 1 aliphatic rings. The molecule has 1 heterocycles. The van der Waals surface area contributed by atoms with Gasteiger partial charge in [0.2, 0.25) is 5.96 Å². The van der Waals surface area contributed by atoms with Crippen LogP contribution in [0, 0.1) is 0 Å². The van der Waals surface area contributed by atoms with Crippen molar-refractivity contribution in [1.82, 2.24) is 10.6 Å². The van der Waals surface area contributed by atoms with Crippen LogP contribution in [0.5, 0.6) is 0 Å². The number of aliphatic hydroxyl groups is 1. The molecule has 0 aromatic heterocycles. The first-order valence-corrected chi connectivity index (χ1v) is 4.48. The van der Waals surface area contributed by atoms with E-state index in [-0.39, 0.29) is 12.1 Å². The van der Waals surface area contributed by atoms with Crippen LogP contribution in [0.2, 0.25) is 0 Å². The molecule has 3 N–H and O–H groups in total. The molecule has 1 aliphatic heterocycles. The molecule has 0 saturated carbocycles. The Labute approximate surface area is 81.4 Å². The number of rotatable bonds is 4. The average molecular weight is 199 g/mol. The van der Waals surface area contributed by atoms with Crippen LogP contribution in [0.15, 0.2) is 4.99 Å². The first-order chi connectivity index (χ1) is 6.63. The highest BCUT2D eigenvalue weighted by Crippen LogP contribution is 1.96. The number of nitrogens with one attached hydrogen (secondary N) is 2. The molecule has 0 aromatic rings. The van der Waals surface area contributed by atoms with E-state index in [9.17, 15) is 14.7 Å². The third kappa shape index (κ3) is 2.81. The van der Waals surface area contributed by atoms with Crippen LogP contribution < -0.4 is 10.6 Å². The highest BCUT2D eigenvalue weighted by atomic mass is 16.3. The van der Waals surface area contributed by atoms with Crippen molar-refractivity contribution >= 4 is 17.8 Å². The monoisotopic (exact) mass is 199 g/mol. The molecular formula is C8H13N3O3. The summed E-state index contributed by atoms with van der Waals surface area (Å²) < 4.78 is 0. The van der Waals surface area contributed by atoms with Crippen molar-refractivity contribution in [2.45, 2.75) is 25.9 Å². The maximum atomic E-state index is 10.7. The van der Waals surface area contributed by atoms with Gasteiger partial charge in [0.05, 0.1) is 6.10 Å². The van der Waals surface area contributed by atoms with E-state index < -0.39 is 11.8 Å². The van der Waals surface area contributed by atoms with E-state index in [4.69, 9.17) is 0 Å². The summed E-state index contributed by atoms with van der Waals surface area (Å²) in [6, 6.07) is 0. The van der Waals surface area contributed by atoms with Crippen molar-refractivity contribution in [2.24, 2.45) is 4.99 Å². The summed E-state index contributed by atoms with van der Waals surface area (Å²) in [4.78, 5) is 25.3. The molecule has 2 amide bonds.